The minimum atomic E-state index is -5.05. The molecule has 1 heterocycles. The zero-order valence-corrected chi connectivity index (χ0v) is 16.4. The second kappa shape index (κ2) is 8.79. The van der Waals surface area contributed by atoms with Gasteiger partial charge in [-0.15, -0.1) is 0 Å². The maximum Gasteiger partial charge on any atom is 0.416 e. The number of alkyl halides is 6. The molecular formula is C21H17F7N2O2. The van der Waals surface area contributed by atoms with Gasteiger partial charge in [-0.2, -0.15) is 26.3 Å². The fourth-order valence-electron chi connectivity index (χ4n) is 3.36. The van der Waals surface area contributed by atoms with E-state index in [0.29, 0.717) is 12.1 Å². The fourth-order valence-corrected chi connectivity index (χ4v) is 3.36. The number of benzene rings is 2. The highest BCUT2D eigenvalue weighted by Crippen LogP contribution is 2.36. The molecule has 11 heteroatoms. The Morgan fingerprint density at radius 1 is 0.812 bits per heavy atom. The predicted octanol–water partition coefficient (Wildman–Crippen LogP) is 4.90. The Hall–Kier alpha value is -3.11. The topological polar surface area (TPSA) is 49.4 Å². The SMILES string of the molecule is O=C(NC1CCN(C(=O)c2cc(C(F)(F)F)cc(C(F)(F)F)c2)CC1)c1ccc(F)cc1. The van der Waals surface area contributed by atoms with Gasteiger partial charge in [0.1, 0.15) is 5.82 Å². The first kappa shape index (κ1) is 23.6. The molecule has 1 N–H and O–H groups in total. The summed E-state index contributed by atoms with van der Waals surface area (Å²) in [5.41, 5.74) is -3.59. The summed E-state index contributed by atoms with van der Waals surface area (Å²) in [6.07, 6.45) is -9.59. The van der Waals surface area contributed by atoms with E-state index in [9.17, 15) is 40.3 Å². The zero-order chi connectivity index (χ0) is 23.7. The highest BCUT2D eigenvalue weighted by molar-refractivity contribution is 5.95. The number of rotatable bonds is 3. The molecule has 0 aromatic heterocycles. The number of halogens is 7. The molecule has 4 nitrogen and oxygen atoms in total. The average molecular weight is 462 g/mol. The van der Waals surface area contributed by atoms with E-state index in [4.69, 9.17) is 0 Å². The molecule has 0 unspecified atom stereocenters. The molecule has 1 aliphatic heterocycles. The lowest BCUT2D eigenvalue weighted by Crippen LogP contribution is -2.46. The molecule has 0 atom stereocenters. The van der Waals surface area contributed by atoms with Crippen LogP contribution in [0.1, 0.15) is 44.7 Å². The largest absolute Gasteiger partial charge is 0.416 e. The number of hydrogen-bond donors (Lipinski definition) is 1. The number of nitrogens with one attached hydrogen (secondary N) is 1. The molecule has 0 radical (unpaired) electrons. The monoisotopic (exact) mass is 462 g/mol. The molecule has 0 bridgehead atoms. The number of hydrogen-bond acceptors (Lipinski definition) is 2. The van der Waals surface area contributed by atoms with Crippen molar-refractivity contribution in [2.24, 2.45) is 0 Å². The molecule has 2 aromatic carbocycles. The lowest BCUT2D eigenvalue weighted by atomic mass is 10.0. The molecule has 0 spiro atoms. The summed E-state index contributed by atoms with van der Waals surface area (Å²) in [6, 6.07) is 5.27. The van der Waals surface area contributed by atoms with Crippen molar-refractivity contribution in [3.63, 3.8) is 0 Å². The second-order valence-corrected chi connectivity index (χ2v) is 7.34. The van der Waals surface area contributed by atoms with Gasteiger partial charge in [0.15, 0.2) is 0 Å². The Labute approximate surface area is 178 Å². The Morgan fingerprint density at radius 2 is 1.31 bits per heavy atom. The molecule has 32 heavy (non-hydrogen) atoms. The van der Waals surface area contributed by atoms with E-state index in [0.717, 1.165) is 17.0 Å². The molecule has 1 saturated heterocycles. The highest BCUT2D eigenvalue weighted by Gasteiger charge is 2.38. The van der Waals surface area contributed by atoms with Crippen LogP contribution in [0.4, 0.5) is 30.7 Å². The van der Waals surface area contributed by atoms with E-state index in [-0.39, 0.29) is 43.6 Å². The standard InChI is InChI=1S/C21H17F7N2O2/c22-16-3-1-12(2-4-16)18(31)29-17-5-7-30(8-6-17)19(32)13-9-14(20(23,24)25)11-15(10-13)21(26,27)28/h1-4,9-11,17H,5-8H2,(H,29,31). The first-order chi connectivity index (χ1) is 14.8. The molecule has 2 aromatic rings. The summed E-state index contributed by atoms with van der Waals surface area (Å²) in [7, 11) is 0. The van der Waals surface area contributed by atoms with Crippen LogP contribution >= 0.6 is 0 Å². The lowest BCUT2D eigenvalue weighted by molar-refractivity contribution is -0.143. The van der Waals surface area contributed by atoms with Gasteiger partial charge in [-0.3, -0.25) is 9.59 Å². The van der Waals surface area contributed by atoms with Gasteiger partial charge in [0.2, 0.25) is 0 Å². The number of nitrogens with zero attached hydrogens (tertiary/aromatic N) is 1. The van der Waals surface area contributed by atoms with Crippen molar-refractivity contribution < 1.29 is 40.3 Å². The van der Waals surface area contributed by atoms with Crippen LogP contribution in [0, 0.1) is 5.82 Å². The first-order valence-electron chi connectivity index (χ1n) is 9.50. The van der Waals surface area contributed by atoms with Gasteiger partial charge < -0.3 is 10.2 Å². The van der Waals surface area contributed by atoms with Gasteiger partial charge in [-0.1, -0.05) is 0 Å². The van der Waals surface area contributed by atoms with E-state index in [1.807, 2.05) is 0 Å². The van der Waals surface area contributed by atoms with E-state index >= 15 is 0 Å². The summed E-state index contributed by atoms with van der Waals surface area (Å²) in [5, 5.41) is 2.72. The van der Waals surface area contributed by atoms with Crippen LogP contribution in [0.3, 0.4) is 0 Å². The Bertz CT molecular complexity index is 960. The molecule has 0 aliphatic carbocycles. The maximum atomic E-state index is 13.0. The Balaban J connectivity index is 1.68. The van der Waals surface area contributed by atoms with Gasteiger partial charge in [0.05, 0.1) is 11.1 Å². The predicted molar refractivity (Wildman–Crippen MR) is 99.2 cm³/mol. The van der Waals surface area contributed by atoms with Crippen molar-refractivity contribution in [1.82, 2.24) is 10.2 Å². The third-order valence-corrected chi connectivity index (χ3v) is 5.06. The summed E-state index contributed by atoms with van der Waals surface area (Å²) >= 11 is 0. The molecule has 0 saturated carbocycles. The van der Waals surface area contributed by atoms with Crippen LogP contribution < -0.4 is 5.32 Å². The number of likely N-dealkylation sites (tertiary alicyclic amines) is 1. The third kappa shape index (κ3) is 5.57. The van der Waals surface area contributed by atoms with Gasteiger partial charge in [-0.05, 0) is 55.3 Å². The Kier molecular flexibility index (Phi) is 6.47. The van der Waals surface area contributed by atoms with Crippen molar-refractivity contribution in [3.8, 4) is 0 Å². The van der Waals surface area contributed by atoms with Crippen LogP contribution in [0.5, 0.6) is 0 Å². The molecule has 2 amide bonds. The maximum absolute atomic E-state index is 13.0. The van der Waals surface area contributed by atoms with Crippen molar-refractivity contribution in [2.75, 3.05) is 13.1 Å². The van der Waals surface area contributed by atoms with Gasteiger partial charge >= 0.3 is 12.4 Å². The van der Waals surface area contributed by atoms with Crippen LogP contribution in [0.2, 0.25) is 0 Å². The highest BCUT2D eigenvalue weighted by atomic mass is 19.4. The van der Waals surface area contributed by atoms with Gasteiger partial charge in [-0.25, -0.2) is 4.39 Å². The van der Waals surface area contributed by atoms with E-state index in [2.05, 4.69) is 5.32 Å². The number of piperidine rings is 1. The minimum Gasteiger partial charge on any atom is -0.349 e. The number of amides is 2. The zero-order valence-electron chi connectivity index (χ0n) is 16.4. The molecule has 3 rings (SSSR count). The molecule has 1 aliphatic rings. The van der Waals surface area contributed by atoms with Crippen molar-refractivity contribution in [3.05, 3.63) is 70.5 Å². The van der Waals surface area contributed by atoms with Crippen LogP contribution in [0.25, 0.3) is 0 Å². The van der Waals surface area contributed by atoms with Gasteiger partial charge in [0, 0.05) is 30.3 Å². The smallest absolute Gasteiger partial charge is 0.349 e. The molecule has 172 valence electrons. The lowest BCUT2D eigenvalue weighted by Gasteiger charge is -2.32. The Morgan fingerprint density at radius 3 is 1.78 bits per heavy atom. The summed E-state index contributed by atoms with van der Waals surface area (Å²) in [6.45, 7) is 0.0651. The average Bonchev–Trinajstić information content (AvgIpc) is 2.72. The number of carbonyl (C=O) groups is 2. The normalized spacial score (nSPS) is 15.5. The molecule has 1 fully saturated rings. The third-order valence-electron chi connectivity index (χ3n) is 5.06. The second-order valence-electron chi connectivity index (χ2n) is 7.34. The quantitative estimate of drug-likeness (QED) is 0.660. The summed E-state index contributed by atoms with van der Waals surface area (Å²) in [5.74, 6) is -1.91. The minimum absolute atomic E-state index is 0.0325. The van der Waals surface area contributed by atoms with E-state index in [1.54, 1.807) is 0 Å². The van der Waals surface area contributed by atoms with Crippen LogP contribution in [-0.4, -0.2) is 35.8 Å². The van der Waals surface area contributed by atoms with Crippen molar-refractivity contribution in [2.45, 2.75) is 31.2 Å². The van der Waals surface area contributed by atoms with Crippen LogP contribution in [-0.2, 0) is 12.4 Å². The van der Waals surface area contributed by atoms with Crippen LogP contribution in [0.15, 0.2) is 42.5 Å². The van der Waals surface area contributed by atoms with E-state index < -0.39 is 46.7 Å². The summed E-state index contributed by atoms with van der Waals surface area (Å²) < 4.78 is 91.1. The molecular weight excluding hydrogens is 445 g/mol. The fraction of sp³-hybridized carbons (Fsp3) is 0.333. The van der Waals surface area contributed by atoms with Crippen molar-refractivity contribution >= 4 is 11.8 Å². The summed E-state index contributed by atoms with van der Waals surface area (Å²) in [4.78, 5) is 26.0. The van der Waals surface area contributed by atoms with E-state index in [1.165, 1.54) is 12.1 Å². The van der Waals surface area contributed by atoms with Gasteiger partial charge in [0.25, 0.3) is 11.8 Å². The first-order valence-corrected chi connectivity index (χ1v) is 9.50. The van der Waals surface area contributed by atoms with Crippen molar-refractivity contribution in [1.29, 1.82) is 0 Å². The number of carbonyl (C=O) groups excluding carboxylic acids is 2.